The number of rotatable bonds is 1. The Kier molecular flexibility index (Phi) is 28.1. The highest BCUT2D eigenvalue weighted by Gasteiger charge is 1.92. The number of pyridine rings is 1. The third-order valence-corrected chi connectivity index (χ3v) is 1.58. The third-order valence-electron chi connectivity index (χ3n) is 0.870. The first-order chi connectivity index (χ1) is 10.3. The lowest BCUT2D eigenvalue weighted by Gasteiger charge is -1.88. The van der Waals surface area contributed by atoms with Crippen molar-refractivity contribution >= 4 is 48.8 Å². The van der Waals surface area contributed by atoms with Gasteiger partial charge in [-0.25, -0.2) is 0 Å². The molecule has 1 heterocycles. The lowest BCUT2D eigenvalue weighted by Crippen LogP contribution is -1.69. The number of nitrogens with zero attached hydrogens (tertiary/aromatic N) is 1. The van der Waals surface area contributed by atoms with Crippen LogP contribution < -0.4 is 0 Å². The van der Waals surface area contributed by atoms with Crippen LogP contribution in [0.2, 0.25) is 0 Å². The van der Waals surface area contributed by atoms with Gasteiger partial charge in [-0.1, -0.05) is 34.1 Å². The quantitative estimate of drug-likeness (QED) is 0.293. The molecule has 0 spiro atoms. The summed E-state index contributed by atoms with van der Waals surface area (Å²) in [5.41, 5.74) is 0. The van der Waals surface area contributed by atoms with Gasteiger partial charge in [0.15, 0.2) is 0 Å². The van der Waals surface area contributed by atoms with E-state index in [-0.39, 0.29) is 0 Å². The second-order valence-electron chi connectivity index (χ2n) is 3.13. The lowest BCUT2D eigenvalue weighted by molar-refractivity contribution is 0.361. The zero-order chi connectivity index (χ0) is 19.5. The summed E-state index contributed by atoms with van der Waals surface area (Å²) in [6.45, 7) is 0.639. The van der Waals surface area contributed by atoms with E-state index in [1.54, 1.807) is 18.0 Å². The summed E-state index contributed by atoms with van der Waals surface area (Å²) in [5.74, 6) is 0. The van der Waals surface area contributed by atoms with Crippen LogP contribution >= 0.6 is 25.2 Å². The lowest BCUT2D eigenvalue weighted by atomic mass is 10.5. The Bertz CT molecular complexity index is 391. The minimum atomic E-state index is -3.81. The molecule has 0 radical (unpaired) electrons. The first-order valence-electron chi connectivity index (χ1n) is 6.35. The smallest absolute Gasteiger partial charge is 0.319 e. The molecule has 0 amide bonds. The Balaban J connectivity index is -0.000000107. The van der Waals surface area contributed by atoms with E-state index in [9.17, 15) is 0 Å². The molecule has 0 saturated heterocycles. The summed E-state index contributed by atoms with van der Waals surface area (Å²) >= 11 is 8.91. The van der Waals surface area contributed by atoms with Crippen molar-refractivity contribution in [1.29, 1.82) is 0 Å². The molecule has 23 heavy (non-hydrogen) atoms. The van der Waals surface area contributed by atoms with E-state index >= 15 is 0 Å². The van der Waals surface area contributed by atoms with Crippen LogP contribution in [-0.4, -0.2) is 40.6 Å². The van der Waals surface area contributed by atoms with Crippen molar-refractivity contribution in [2.24, 2.45) is 0 Å². The Labute approximate surface area is 153 Å². The fourth-order valence-electron chi connectivity index (χ4n) is 0.468. The molecule has 0 atom stereocenters. The first kappa shape index (κ1) is 31.3. The van der Waals surface area contributed by atoms with E-state index in [1.807, 2.05) is 38.4 Å². The summed E-state index contributed by atoms with van der Waals surface area (Å²) in [4.78, 5) is 50.5. The van der Waals surface area contributed by atoms with Crippen molar-refractivity contribution in [3.63, 3.8) is 0 Å². The highest BCUT2D eigenvalue weighted by molar-refractivity contribution is 8.06. The van der Waals surface area contributed by atoms with Gasteiger partial charge in [-0.3, -0.25) is 4.98 Å². The molecule has 12 heteroatoms. The Hall–Kier alpha value is 0.560. The first-order valence-corrected chi connectivity index (χ1v) is 12.9. The maximum absolute atomic E-state index is 7.56. The van der Waals surface area contributed by atoms with Crippen molar-refractivity contribution in [3.8, 4) is 0 Å². The second-order valence-corrected chi connectivity index (χ2v) is 9.00. The Morgan fingerprint density at radius 3 is 1.43 bits per heavy atom. The maximum Gasteiger partial charge on any atom is 0.319 e. The van der Waals surface area contributed by atoms with Gasteiger partial charge in [-0.05, 0) is 42.0 Å². The van der Waals surface area contributed by atoms with Gasteiger partial charge in [0.25, 0.3) is 0 Å². The molecular weight excluding hydrogens is 400 g/mol. The molecular formula is C11H27NO6P2S3. The fourth-order valence-corrected chi connectivity index (χ4v) is 0.849. The van der Waals surface area contributed by atoms with Crippen LogP contribution in [0.5, 0.6) is 0 Å². The van der Waals surface area contributed by atoms with Crippen molar-refractivity contribution < 1.29 is 29.4 Å². The average molecular weight is 427 g/mol. The predicted octanol–water partition coefficient (Wildman–Crippen LogP) is 2.62. The van der Waals surface area contributed by atoms with Crippen LogP contribution in [0.1, 0.15) is 34.1 Å². The van der Waals surface area contributed by atoms with Crippen molar-refractivity contribution in [3.05, 3.63) is 24.5 Å². The summed E-state index contributed by atoms with van der Waals surface area (Å²) in [6.07, 6.45) is 6.92. The third kappa shape index (κ3) is 85.5. The minimum absolute atomic E-state index is 1.22. The van der Waals surface area contributed by atoms with Crippen molar-refractivity contribution in [1.82, 2.24) is 4.98 Å². The monoisotopic (exact) mass is 427 g/mol. The molecule has 0 fully saturated rings. The largest absolute Gasteiger partial charge is 0.325 e. The number of hydrogen-bond acceptors (Lipinski definition) is 4. The van der Waals surface area contributed by atoms with E-state index in [1.165, 1.54) is 11.3 Å². The molecule has 1 rings (SSSR count). The summed E-state index contributed by atoms with van der Waals surface area (Å²) < 4.78 is 0. The van der Waals surface area contributed by atoms with E-state index < -0.39 is 13.4 Å². The summed E-state index contributed by atoms with van der Waals surface area (Å²) in [5, 5.41) is 0. The van der Waals surface area contributed by atoms with E-state index in [4.69, 9.17) is 29.4 Å². The van der Waals surface area contributed by atoms with Crippen molar-refractivity contribution in [2.75, 3.05) is 6.26 Å². The minimum Gasteiger partial charge on any atom is -0.325 e. The van der Waals surface area contributed by atoms with Gasteiger partial charge in [0.05, 0.1) is 0 Å². The van der Waals surface area contributed by atoms with Gasteiger partial charge < -0.3 is 29.4 Å². The normalized spacial score (nSPS) is 9.35. The summed E-state index contributed by atoms with van der Waals surface area (Å²) in [6, 6.07) is 3.98. The Morgan fingerprint density at radius 1 is 1.00 bits per heavy atom. The molecule has 1 aromatic rings. The van der Waals surface area contributed by atoms with Gasteiger partial charge in [-0.15, -0.1) is 11.8 Å². The number of thioether (sulfide) groups is 1. The zero-order valence-corrected chi connectivity index (χ0v) is 18.0. The van der Waals surface area contributed by atoms with Gasteiger partial charge in [0, 0.05) is 17.3 Å². The fraction of sp³-hybridized carbons (Fsp3) is 0.545. The van der Waals surface area contributed by atoms with Crippen LogP contribution in [0.4, 0.5) is 0 Å². The predicted molar refractivity (Wildman–Crippen MR) is 105 cm³/mol. The van der Waals surface area contributed by atoms with Crippen LogP contribution in [-0.2, 0) is 23.6 Å². The topological polar surface area (TPSA) is 134 Å². The standard InChI is InChI=1S/C6H7NS.C3H8.C2H6.2H3O3PS/c1-8-6-3-2-4-7-5-6;1-3-2;1-2;2*1-4(2,3)5/h2-5H,1H3;3H2,1-2H3;1-2H3;2*(H3,1,2,3,5). The van der Waals surface area contributed by atoms with E-state index in [2.05, 4.69) is 42.4 Å². The van der Waals surface area contributed by atoms with Gasteiger partial charge in [0.1, 0.15) is 0 Å². The highest BCUT2D eigenvalue weighted by Crippen LogP contribution is 2.26. The molecule has 140 valence electrons. The zero-order valence-electron chi connectivity index (χ0n) is 13.8. The maximum atomic E-state index is 7.56. The molecule has 0 aromatic carbocycles. The molecule has 6 N–H and O–H groups in total. The van der Waals surface area contributed by atoms with Crippen molar-refractivity contribution in [2.45, 2.75) is 39.0 Å². The second kappa shape index (κ2) is 20.6. The molecule has 0 aliphatic carbocycles. The van der Waals surface area contributed by atoms with Gasteiger partial charge >= 0.3 is 13.4 Å². The van der Waals surface area contributed by atoms with Gasteiger partial charge in [-0.2, -0.15) is 0 Å². The highest BCUT2D eigenvalue weighted by atomic mass is 32.5. The molecule has 0 bridgehead atoms. The molecule has 0 saturated carbocycles. The van der Waals surface area contributed by atoms with E-state index in [0.717, 1.165) is 0 Å². The number of hydrogen-bond donors (Lipinski definition) is 6. The molecule has 1 aromatic heterocycles. The van der Waals surface area contributed by atoms with Gasteiger partial charge in [0.2, 0.25) is 0 Å². The van der Waals surface area contributed by atoms with Crippen LogP contribution in [0.25, 0.3) is 0 Å². The summed E-state index contributed by atoms with van der Waals surface area (Å²) in [7, 11) is 0. The SMILES string of the molecule is CC.CCC.CSc1cccnc1.OP(O)(O)=S.OP(O)(O)=S. The molecule has 7 nitrogen and oxygen atoms in total. The van der Waals surface area contributed by atoms with Crippen LogP contribution in [0.3, 0.4) is 0 Å². The molecule has 0 unspecified atom stereocenters. The van der Waals surface area contributed by atoms with Crippen LogP contribution in [0.15, 0.2) is 29.4 Å². The molecule has 0 aliphatic rings. The van der Waals surface area contributed by atoms with Crippen LogP contribution in [0, 0.1) is 0 Å². The number of aromatic nitrogens is 1. The molecule has 0 aliphatic heterocycles. The van der Waals surface area contributed by atoms with E-state index in [0.29, 0.717) is 0 Å². The Morgan fingerprint density at radius 2 is 1.30 bits per heavy atom. The average Bonchev–Trinajstić information content (AvgIpc) is 2.39.